The maximum atomic E-state index is 9.59. The van der Waals surface area contributed by atoms with Gasteiger partial charge < -0.3 is 9.52 Å². The van der Waals surface area contributed by atoms with Gasteiger partial charge >= 0.3 is 0 Å². The van der Waals surface area contributed by atoms with Crippen LogP contribution in [-0.4, -0.2) is 28.2 Å². The first-order valence-electron chi connectivity index (χ1n) is 5.03. The summed E-state index contributed by atoms with van der Waals surface area (Å²) in [5, 5.41) is 9.59. The number of rotatable bonds is 2. The van der Waals surface area contributed by atoms with E-state index in [0.29, 0.717) is 0 Å². The molecule has 0 spiro atoms. The summed E-state index contributed by atoms with van der Waals surface area (Å²) in [5.74, 6) is 0.965. The minimum atomic E-state index is -0.194. The highest BCUT2D eigenvalue weighted by atomic mass is 16.3. The van der Waals surface area contributed by atoms with Crippen molar-refractivity contribution in [3.63, 3.8) is 0 Å². The molecular weight excluding hydrogens is 178 g/mol. The molecule has 0 bridgehead atoms. The lowest BCUT2D eigenvalue weighted by atomic mass is 10.0. The van der Waals surface area contributed by atoms with Crippen molar-refractivity contribution >= 4 is 0 Å². The van der Waals surface area contributed by atoms with E-state index >= 15 is 0 Å². The predicted molar refractivity (Wildman–Crippen MR) is 53.8 cm³/mol. The third-order valence-electron chi connectivity index (χ3n) is 2.95. The van der Waals surface area contributed by atoms with E-state index in [0.717, 1.165) is 25.3 Å². The summed E-state index contributed by atoms with van der Waals surface area (Å²) in [6.07, 6.45) is 2.34. The Morgan fingerprint density at radius 3 is 2.93 bits per heavy atom. The predicted octanol–water partition coefficient (Wildman–Crippen LogP) is 1.62. The summed E-state index contributed by atoms with van der Waals surface area (Å²) >= 11 is 0. The van der Waals surface area contributed by atoms with Crippen LogP contribution < -0.4 is 0 Å². The molecule has 1 unspecified atom stereocenters. The second-order valence-corrected chi connectivity index (χ2v) is 4.63. The van der Waals surface area contributed by atoms with Crippen LogP contribution in [-0.2, 0) is 6.54 Å². The summed E-state index contributed by atoms with van der Waals surface area (Å²) in [5.41, 5.74) is 0.0756. The first-order chi connectivity index (χ1) is 6.58. The van der Waals surface area contributed by atoms with Gasteiger partial charge in [0.2, 0.25) is 0 Å². The quantitative estimate of drug-likeness (QED) is 0.779. The van der Waals surface area contributed by atoms with Gasteiger partial charge in [0.05, 0.1) is 18.9 Å². The van der Waals surface area contributed by atoms with E-state index in [9.17, 15) is 5.11 Å². The van der Waals surface area contributed by atoms with Crippen LogP contribution in [0.1, 0.15) is 26.0 Å². The van der Waals surface area contributed by atoms with Crippen LogP contribution >= 0.6 is 0 Å². The van der Waals surface area contributed by atoms with E-state index in [4.69, 9.17) is 4.42 Å². The molecule has 0 saturated carbocycles. The third-order valence-corrected chi connectivity index (χ3v) is 2.95. The lowest BCUT2D eigenvalue weighted by molar-refractivity contribution is 0.146. The van der Waals surface area contributed by atoms with E-state index in [1.54, 1.807) is 6.26 Å². The zero-order chi connectivity index (χ0) is 10.2. The molecule has 3 nitrogen and oxygen atoms in total. The van der Waals surface area contributed by atoms with Crippen LogP contribution in [0.2, 0.25) is 0 Å². The van der Waals surface area contributed by atoms with Gasteiger partial charge in [0.25, 0.3) is 0 Å². The van der Waals surface area contributed by atoms with Crippen molar-refractivity contribution in [1.29, 1.82) is 0 Å². The van der Waals surface area contributed by atoms with Gasteiger partial charge in [-0.15, -0.1) is 0 Å². The van der Waals surface area contributed by atoms with E-state index < -0.39 is 0 Å². The normalized spacial score (nSPS) is 26.9. The Labute approximate surface area is 84.3 Å². The lowest BCUT2D eigenvalue weighted by Crippen LogP contribution is -2.37. The Bertz CT molecular complexity index is 292. The number of nitrogens with zero attached hydrogens (tertiary/aromatic N) is 1. The summed E-state index contributed by atoms with van der Waals surface area (Å²) in [6.45, 7) is 5.85. The molecule has 0 amide bonds. The molecule has 1 saturated heterocycles. The van der Waals surface area contributed by atoms with Crippen LogP contribution in [0.15, 0.2) is 22.8 Å². The lowest BCUT2D eigenvalue weighted by Gasteiger charge is -2.30. The number of aliphatic hydroxyl groups is 1. The van der Waals surface area contributed by atoms with E-state index in [1.165, 1.54) is 0 Å². The van der Waals surface area contributed by atoms with Crippen molar-refractivity contribution in [3.8, 4) is 0 Å². The fourth-order valence-electron chi connectivity index (χ4n) is 2.14. The number of β-amino-alcohol motifs (C(OH)–C–C–N with tert-alkyl or cyclic N) is 1. The second kappa shape index (κ2) is 3.41. The molecule has 2 rings (SSSR count). The van der Waals surface area contributed by atoms with Crippen LogP contribution in [0.5, 0.6) is 0 Å². The molecule has 1 aromatic rings. The summed E-state index contributed by atoms with van der Waals surface area (Å²) in [4.78, 5) is 2.26. The van der Waals surface area contributed by atoms with Crippen molar-refractivity contribution in [2.45, 2.75) is 38.5 Å². The zero-order valence-electron chi connectivity index (χ0n) is 8.73. The molecule has 1 fully saturated rings. The van der Waals surface area contributed by atoms with Gasteiger partial charge in [0, 0.05) is 12.1 Å². The molecule has 78 valence electrons. The Balaban J connectivity index is 2.05. The topological polar surface area (TPSA) is 36.6 Å². The molecular formula is C11H17NO2. The van der Waals surface area contributed by atoms with Crippen LogP contribution in [0.25, 0.3) is 0 Å². The van der Waals surface area contributed by atoms with Crippen molar-refractivity contribution in [2.24, 2.45) is 0 Å². The maximum Gasteiger partial charge on any atom is 0.117 e. The molecule has 0 aliphatic carbocycles. The first kappa shape index (κ1) is 9.74. The minimum Gasteiger partial charge on any atom is -0.468 e. The van der Waals surface area contributed by atoms with E-state index in [1.807, 2.05) is 12.1 Å². The molecule has 2 heterocycles. The van der Waals surface area contributed by atoms with E-state index in [2.05, 4.69) is 18.7 Å². The number of hydrogen-bond acceptors (Lipinski definition) is 3. The Hall–Kier alpha value is -0.800. The van der Waals surface area contributed by atoms with Gasteiger partial charge in [0.1, 0.15) is 5.76 Å². The van der Waals surface area contributed by atoms with Crippen molar-refractivity contribution in [2.75, 3.05) is 6.54 Å². The Morgan fingerprint density at radius 1 is 1.64 bits per heavy atom. The highest BCUT2D eigenvalue weighted by Crippen LogP contribution is 2.29. The smallest absolute Gasteiger partial charge is 0.117 e. The van der Waals surface area contributed by atoms with Gasteiger partial charge in [-0.2, -0.15) is 0 Å². The minimum absolute atomic E-state index is 0.0756. The summed E-state index contributed by atoms with van der Waals surface area (Å²) in [6, 6.07) is 3.87. The molecule has 14 heavy (non-hydrogen) atoms. The zero-order valence-corrected chi connectivity index (χ0v) is 8.73. The fraction of sp³-hybridized carbons (Fsp3) is 0.636. The van der Waals surface area contributed by atoms with Crippen LogP contribution in [0.3, 0.4) is 0 Å². The van der Waals surface area contributed by atoms with Gasteiger partial charge in [-0.25, -0.2) is 0 Å². The molecule has 1 aromatic heterocycles. The van der Waals surface area contributed by atoms with Crippen molar-refractivity contribution in [3.05, 3.63) is 24.2 Å². The second-order valence-electron chi connectivity index (χ2n) is 4.63. The monoisotopic (exact) mass is 195 g/mol. The molecule has 0 aromatic carbocycles. The van der Waals surface area contributed by atoms with Gasteiger partial charge in [-0.1, -0.05) is 0 Å². The number of aliphatic hydroxyl groups excluding tert-OH is 1. The maximum absolute atomic E-state index is 9.59. The van der Waals surface area contributed by atoms with Gasteiger partial charge in [-0.3, -0.25) is 4.90 Å². The van der Waals surface area contributed by atoms with Crippen LogP contribution in [0.4, 0.5) is 0 Å². The Morgan fingerprint density at radius 2 is 2.43 bits per heavy atom. The van der Waals surface area contributed by atoms with Crippen molar-refractivity contribution in [1.82, 2.24) is 4.90 Å². The SMILES string of the molecule is CC1(C)CC(O)CN1Cc1ccco1. The number of furan rings is 1. The molecule has 1 N–H and O–H groups in total. The molecule has 1 aliphatic rings. The first-order valence-corrected chi connectivity index (χ1v) is 5.03. The molecule has 1 aliphatic heterocycles. The standard InChI is InChI=1S/C11H17NO2/c1-11(2)6-9(13)7-12(11)8-10-4-3-5-14-10/h3-5,9,13H,6-8H2,1-2H3. The molecule has 0 radical (unpaired) electrons. The highest BCUT2D eigenvalue weighted by molar-refractivity contribution is 5.02. The highest BCUT2D eigenvalue weighted by Gasteiger charge is 2.37. The fourth-order valence-corrected chi connectivity index (χ4v) is 2.14. The largest absolute Gasteiger partial charge is 0.468 e. The average Bonchev–Trinajstić information content (AvgIpc) is 2.61. The number of likely N-dealkylation sites (tertiary alicyclic amines) is 1. The molecule has 1 atom stereocenters. The van der Waals surface area contributed by atoms with E-state index in [-0.39, 0.29) is 11.6 Å². The summed E-state index contributed by atoms with van der Waals surface area (Å²) in [7, 11) is 0. The Kier molecular flexibility index (Phi) is 2.37. The summed E-state index contributed by atoms with van der Waals surface area (Å²) < 4.78 is 5.30. The third kappa shape index (κ3) is 1.83. The average molecular weight is 195 g/mol. The molecule has 3 heteroatoms. The van der Waals surface area contributed by atoms with Crippen molar-refractivity contribution < 1.29 is 9.52 Å². The van der Waals surface area contributed by atoms with Gasteiger partial charge in [-0.05, 0) is 32.4 Å². The van der Waals surface area contributed by atoms with Gasteiger partial charge in [0.15, 0.2) is 0 Å². The van der Waals surface area contributed by atoms with Crippen LogP contribution in [0, 0.1) is 0 Å². The number of hydrogen-bond donors (Lipinski definition) is 1.